The highest BCUT2D eigenvalue weighted by atomic mass is 127. The number of aromatic carboxylic acids is 1. The molecule has 0 atom stereocenters. The molecule has 0 radical (unpaired) electrons. The number of carboxylic acids is 1. The number of hydrogen-bond acceptors (Lipinski definition) is 3. The van der Waals surface area contributed by atoms with E-state index >= 15 is 0 Å². The minimum atomic E-state index is -0.983. The molecule has 1 saturated heterocycles. The van der Waals surface area contributed by atoms with Crippen molar-refractivity contribution >= 4 is 51.9 Å². The summed E-state index contributed by atoms with van der Waals surface area (Å²) >= 11 is 3.92. The Balaban J connectivity index is 2.09. The molecule has 2 N–H and O–H groups in total. The van der Waals surface area contributed by atoms with E-state index < -0.39 is 5.97 Å². The lowest BCUT2D eigenvalue weighted by molar-refractivity contribution is -0.120. The Morgan fingerprint density at radius 2 is 1.95 bits per heavy atom. The lowest BCUT2D eigenvalue weighted by Gasteiger charge is -2.20. The molecule has 102 valence electrons. The molecular formula is C13H14INO3S. The third kappa shape index (κ3) is 4.10. The molecule has 4 nitrogen and oxygen atoms in total. The molecule has 0 unspecified atom stereocenters. The van der Waals surface area contributed by atoms with Crippen molar-refractivity contribution in [2.24, 2.45) is 5.92 Å². The number of nitrogens with one attached hydrogen (secondary N) is 1. The topological polar surface area (TPSA) is 66.4 Å². The molecule has 0 saturated carbocycles. The summed E-state index contributed by atoms with van der Waals surface area (Å²) in [6, 6.07) is 4.86. The van der Waals surface area contributed by atoms with E-state index in [0.29, 0.717) is 5.69 Å². The molecule has 2 rings (SSSR count). The SMILES string of the molecule is O=C(O)c1cc(I)cc(NC(=O)C2CCSCC2)c1. The van der Waals surface area contributed by atoms with Gasteiger partial charge in [0, 0.05) is 15.2 Å². The second-order valence-electron chi connectivity index (χ2n) is 4.41. The number of carboxylic acid groups (broad SMARTS) is 1. The molecule has 1 aliphatic heterocycles. The number of thioether (sulfide) groups is 1. The molecule has 1 aromatic rings. The van der Waals surface area contributed by atoms with Crippen LogP contribution in [0, 0.1) is 9.49 Å². The molecule has 0 aromatic heterocycles. The van der Waals surface area contributed by atoms with Gasteiger partial charge in [0.1, 0.15) is 0 Å². The van der Waals surface area contributed by atoms with Crippen LogP contribution < -0.4 is 5.32 Å². The zero-order valence-electron chi connectivity index (χ0n) is 10.2. The van der Waals surface area contributed by atoms with Crippen molar-refractivity contribution in [2.75, 3.05) is 16.8 Å². The van der Waals surface area contributed by atoms with E-state index in [2.05, 4.69) is 5.32 Å². The number of rotatable bonds is 3. The third-order valence-electron chi connectivity index (χ3n) is 3.00. The Morgan fingerprint density at radius 1 is 1.26 bits per heavy atom. The zero-order chi connectivity index (χ0) is 13.8. The van der Waals surface area contributed by atoms with Crippen LogP contribution in [0.4, 0.5) is 5.69 Å². The number of carbonyl (C=O) groups is 2. The Kier molecular flexibility index (Phi) is 5.09. The number of anilines is 1. The van der Waals surface area contributed by atoms with E-state index in [9.17, 15) is 9.59 Å². The summed E-state index contributed by atoms with van der Waals surface area (Å²) in [5.41, 5.74) is 0.758. The Bertz CT molecular complexity index is 501. The first kappa shape index (κ1) is 14.6. The first-order valence-corrected chi connectivity index (χ1v) is 8.22. The summed E-state index contributed by atoms with van der Waals surface area (Å²) in [6.07, 6.45) is 1.79. The van der Waals surface area contributed by atoms with E-state index in [4.69, 9.17) is 5.11 Å². The minimum absolute atomic E-state index is 0.00126. The van der Waals surface area contributed by atoms with Crippen LogP contribution in [-0.4, -0.2) is 28.5 Å². The van der Waals surface area contributed by atoms with Crippen LogP contribution in [0.15, 0.2) is 18.2 Å². The highest BCUT2D eigenvalue weighted by molar-refractivity contribution is 14.1. The summed E-state index contributed by atoms with van der Waals surface area (Å²) < 4.78 is 0.798. The van der Waals surface area contributed by atoms with Crippen LogP contribution in [0.3, 0.4) is 0 Å². The molecule has 1 amide bonds. The predicted molar refractivity (Wildman–Crippen MR) is 84.8 cm³/mol. The molecule has 19 heavy (non-hydrogen) atoms. The van der Waals surface area contributed by atoms with Gasteiger partial charge in [0.2, 0.25) is 5.91 Å². The van der Waals surface area contributed by atoms with Gasteiger partial charge in [-0.15, -0.1) is 0 Å². The third-order valence-corrected chi connectivity index (χ3v) is 4.68. The molecule has 1 aromatic carbocycles. The second kappa shape index (κ2) is 6.60. The van der Waals surface area contributed by atoms with E-state index in [1.54, 1.807) is 12.1 Å². The Hall–Kier alpha value is -0.760. The van der Waals surface area contributed by atoms with Crippen molar-refractivity contribution in [3.05, 3.63) is 27.3 Å². The highest BCUT2D eigenvalue weighted by Crippen LogP contribution is 2.25. The molecule has 1 aliphatic rings. The molecule has 6 heteroatoms. The van der Waals surface area contributed by atoms with Crippen LogP contribution in [-0.2, 0) is 4.79 Å². The summed E-state index contributed by atoms with van der Waals surface area (Å²) in [5.74, 6) is 1.10. The molecule has 0 aliphatic carbocycles. The normalized spacial score (nSPS) is 16.1. The number of halogens is 1. The van der Waals surface area contributed by atoms with Crippen LogP contribution in [0.5, 0.6) is 0 Å². The molecule has 0 bridgehead atoms. The Morgan fingerprint density at radius 3 is 2.58 bits per heavy atom. The number of benzene rings is 1. The van der Waals surface area contributed by atoms with Crippen molar-refractivity contribution in [1.29, 1.82) is 0 Å². The van der Waals surface area contributed by atoms with Gasteiger partial charge in [-0.1, -0.05) is 0 Å². The monoisotopic (exact) mass is 391 g/mol. The number of carbonyl (C=O) groups excluding carboxylic acids is 1. The van der Waals surface area contributed by atoms with Crippen LogP contribution >= 0.6 is 34.4 Å². The number of hydrogen-bond donors (Lipinski definition) is 2. The van der Waals surface area contributed by atoms with Gasteiger partial charge in [-0.3, -0.25) is 4.79 Å². The average molecular weight is 391 g/mol. The van der Waals surface area contributed by atoms with Gasteiger partial charge < -0.3 is 10.4 Å². The van der Waals surface area contributed by atoms with Gasteiger partial charge in [0.25, 0.3) is 0 Å². The van der Waals surface area contributed by atoms with Gasteiger partial charge in [0.15, 0.2) is 0 Å². The lowest BCUT2D eigenvalue weighted by Crippen LogP contribution is -2.26. The fraction of sp³-hybridized carbons (Fsp3) is 0.385. The van der Waals surface area contributed by atoms with Gasteiger partial charge >= 0.3 is 5.97 Å². The predicted octanol–water partition coefficient (Wildman–Crippen LogP) is 3.07. The quantitative estimate of drug-likeness (QED) is 0.778. The van der Waals surface area contributed by atoms with Gasteiger partial charge in [0.05, 0.1) is 5.56 Å². The van der Waals surface area contributed by atoms with Crippen LogP contribution in [0.1, 0.15) is 23.2 Å². The first-order chi connectivity index (χ1) is 9.06. The molecule has 0 spiro atoms. The summed E-state index contributed by atoms with van der Waals surface area (Å²) in [4.78, 5) is 23.1. The summed E-state index contributed by atoms with van der Waals surface area (Å²) in [7, 11) is 0. The maximum atomic E-state index is 12.1. The van der Waals surface area contributed by atoms with E-state index in [0.717, 1.165) is 27.9 Å². The van der Waals surface area contributed by atoms with E-state index in [-0.39, 0.29) is 17.4 Å². The minimum Gasteiger partial charge on any atom is -0.478 e. The van der Waals surface area contributed by atoms with Gasteiger partial charge in [-0.25, -0.2) is 4.79 Å². The van der Waals surface area contributed by atoms with Crippen LogP contribution in [0.25, 0.3) is 0 Å². The number of amides is 1. The first-order valence-electron chi connectivity index (χ1n) is 5.99. The van der Waals surface area contributed by atoms with E-state index in [1.807, 2.05) is 34.4 Å². The fourth-order valence-electron chi connectivity index (χ4n) is 1.99. The zero-order valence-corrected chi connectivity index (χ0v) is 13.2. The average Bonchev–Trinajstić information content (AvgIpc) is 2.39. The van der Waals surface area contributed by atoms with Crippen molar-refractivity contribution in [2.45, 2.75) is 12.8 Å². The molecule has 1 fully saturated rings. The highest BCUT2D eigenvalue weighted by Gasteiger charge is 2.21. The summed E-state index contributed by atoms with van der Waals surface area (Å²) in [5, 5.41) is 11.8. The molecular weight excluding hydrogens is 377 g/mol. The van der Waals surface area contributed by atoms with Gasteiger partial charge in [-0.05, 0) is 65.1 Å². The van der Waals surface area contributed by atoms with E-state index in [1.165, 1.54) is 6.07 Å². The smallest absolute Gasteiger partial charge is 0.335 e. The molecule has 1 heterocycles. The lowest BCUT2D eigenvalue weighted by atomic mass is 10.0. The standard InChI is InChI=1S/C13H14INO3S/c14-10-5-9(13(17)18)6-11(7-10)15-12(16)8-1-3-19-4-2-8/h5-8H,1-4H2,(H,15,16)(H,17,18). The van der Waals surface area contributed by atoms with Gasteiger partial charge in [-0.2, -0.15) is 11.8 Å². The van der Waals surface area contributed by atoms with Crippen molar-refractivity contribution in [3.63, 3.8) is 0 Å². The summed E-state index contributed by atoms with van der Waals surface area (Å²) in [6.45, 7) is 0. The van der Waals surface area contributed by atoms with Crippen molar-refractivity contribution in [1.82, 2.24) is 0 Å². The van der Waals surface area contributed by atoms with Crippen molar-refractivity contribution < 1.29 is 14.7 Å². The second-order valence-corrected chi connectivity index (χ2v) is 6.88. The maximum Gasteiger partial charge on any atom is 0.335 e. The fourth-order valence-corrected chi connectivity index (χ4v) is 3.77. The maximum absolute atomic E-state index is 12.1. The largest absolute Gasteiger partial charge is 0.478 e. The Labute approximate surface area is 129 Å². The van der Waals surface area contributed by atoms with Crippen molar-refractivity contribution in [3.8, 4) is 0 Å². The van der Waals surface area contributed by atoms with Crippen LogP contribution in [0.2, 0.25) is 0 Å².